The smallest absolute Gasteiger partial charge is 0.294 e. The summed E-state index contributed by atoms with van der Waals surface area (Å²) < 4.78 is 30.5. The summed E-state index contributed by atoms with van der Waals surface area (Å²) in [5, 5.41) is 12.3. The predicted octanol–water partition coefficient (Wildman–Crippen LogP) is 0.676. The number of carbonyl (C=O) groups excluding carboxylic acids is 1. The molecular formula is C10H9N3O4S. The first-order valence-electron chi connectivity index (χ1n) is 4.87. The molecule has 0 unspecified atom stereocenters. The fourth-order valence-electron chi connectivity index (χ4n) is 1.44. The van der Waals surface area contributed by atoms with E-state index in [2.05, 4.69) is 5.10 Å². The molecule has 0 bridgehead atoms. The Bertz CT molecular complexity index is 661. The maximum Gasteiger partial charge on any atom is 0.298 e. The molecule has 0 saturated heterocycles. The van der Waals surface area contributed by atoms with Crippen molar-refractivity contribution in [1.82, 2.24) is 0 Å². The highest BCUT2D eigenvalue weighted by molar-refractivity contribution is 7.85. The molecule has 2 rings (SSSR count). The number of nitrogens with one attached hydrogen (secondary N) is 1. The lowest BCUT2D eigenvalue weighted by molar-refractivity contribution is -0.112. The van der Waals surface area contributed by atoms with Gasteiger partial charge in [-0.25, -0.2) is 0 Å². The first kappa shape index (κ1) is 12.4. The van der Waals surface area contributed by atoms with Gasteiger partial charge in [0.15, 0.2) is 0 Å². The van der Waals surface area contributed by atoms with Gasteiger partial charge in [-0.1, -0.05) is 0 Å². The van der Waals surface area contributed by atoms with Crippen LogP contribution in [0.3, 0.4) is 0 Å². The summed E-state index contributed by atoms with van der Waals surface area (Å²) in [6, 6.07) is 4.97. The van der Waals surface area contributed by atoms with E-state index >= 15 is 0 Å². The zero-order chi connectivity index (χ0) is 13.5. The van der Waals surface area contributed by atoms with E-state index in [1.807, 2.05) is 0 Å². The summed E-state index contributed by atoms with van der Waals surface area (Å²) in [5.41, 5.74) is 0.418. The molecule has 8 heteroatoms. The lowest BCUT2D eigenvalue weighted by Crippen LogP contribution is -2.26. The van der Waals surface area contributed by atoms with Gasteiger partial charge in [0, 0.05) is 0 Å². The normalized spacial score (nSPS) is 16.1. The van der Waals surface area contributed by atoms with E-state index < -0.39 is 16.0 Å². The zero-order valence-corrected chi connectivity index (χ0v) is 10.1. The lowest BCUT2D eigenvalue weighted by atomic mass is 10.2. The largest absolute Gasteiger partial charge is 0.298 e. The second kappa shape index (κ2) is 4.00. The van der Waals surface area contributed by atoms with Crippen molar-refractivity contribution in [3.8, 4) is 0 Å². The Morgan fingerprint density at radius 1 is 1.28 bits per heavy atom. The molecule has 0 aliphatic carbocycles. The van der Waals surface area contributed by atoms with E-state index in [-0.39, 0.29) is 10.6 Å². The van der Waals surface area contributed by atoms with Crippen LogP contribution in [0.2, 0.25) is 0 Å². The van der Waals surface area contributed by atoms with Crippen LogP contribution >= 0.6 is 0 Å². The molecule has 0 aromatic heterocycles. The molecule has 1 heterocycles. The van der Waals surface area contributed by atoms with Crippen molar-refractivity contribution in [2.24, 2.45) is 5.10 Å². The van der Waals surface area contributed by atoms with Crippen molar-refractivity contribution in [3.63, 3.8) is 0 Å². The number of carbonyl (C=O) groups is 1. The van der Waals surface area contributed by atoms with Gasteiger partial charge in [0.25, 0.3) is 16.0 Å². The van der Waals surface area contributed by atoms with Crippen LogP contribution in [0, 0.1) is 5.41 Å². The number of hydrogen-bond donors (Lipinski definition) is 2. The van der Waals surface area contributed by atoms with Crippen LogP contribution in [-0.4, -0.2) is 30.3 Å². The number of hydrazone groups is 1. The van der Waals surface area contributed by atoms with E-state index in [9.17, 15) is 13.2 Å². The molecule has 1 aromatic rings. The van der Waals surface area contributed by atoms with Gasteiger partial charge >= 0.3 is 0 Å². The van der Waals surface area contributed by atoms with Crippen LogP contribution in [0.1, 0.15) is 6.92 Å². The van der Waals surface area contributed by atoms with Crippen molar-refractivity contribution in [2.75, 3.05) is 5.01 Å². The standard InChI is InChI=1S/C10H9N3O4S/c1-6-9(11)10(14)13(12-6)7-2-4-8(5-3-7)18(15,16)17/h2-5,11H,1H3,(H,15,16,17). The maximum atomic E-state index is 11.6. The van der Waals surface area contributed by atoms with Gasteiger partial charge in [0.05, 0.1) is 16.3 Å². The molecule has 0 saturated carbocycles. The number of hydrogen-bond acceptors (Lipinski definition) is 5. The molecular weight excluding hydrogens is 258 g/mol. The summed E-state index contributed by atoms with van der Waals surface area (Å²) in [4.78, 5) is 11.3. The number of benzene rings is 1. The maximum absolute atomic E-state index is 11.6. The molecule has 18 heavy (non-hydrogen) atoms. The van der Waals surface area contributed by atoms with E-state index in [0.29, 0.717) is 11.4 Å². The molecule has 0 spiro atoms. The van der Waals surface area contributed by atoms with Gasteiger partial charge in [-0.3, -0.25) is 14.8 Å². The zero-order valence-electron chi connectivity index (χ0n) is 9.28. The Balaban J connectivity index is 2.38. The van der Waals surface area contributed by atoms with Crippen LogP contribution in [0.15, 0.2) is 34.3 Å². The Kier molecular flexibility index (Phi) is 2.76. The third-order valence-corrected chi connectivity index (χ3v) is 3.27. The number of nitrogens with zero attached hydrogens (tertiary/aromatic N) is 2. The SMILES string of the molecule is CC1=NN(c2ccc(S(=O)(=O)O)cc2)C(=O)C1=N. The van der Waals surface area contributed by atoms with Gasteiger partial charge in [-0.15, -0.1) is 0 Å². The third-order valence-electron chi connectivity index (χ3n) is 2.40. The molecule has 7 nitrogen and oxygen atoms in total. The van der Waals surface area contributed by atoms with Crippen LogP contribution in [-0.2, 0) is 14.9 Å². The predicted molar refractivity (Wildman–Crippen MR) is 64.6 cm³/mol. The van der Waals surface area contributed by atoms with Gasteiger partial charge in [-0.05, 0) is 31.2 Å². The van der Waals surface area contributed by atoms with E-state index in [4.69, 9.17) is 9.96 Å². The molecule has 1 aliphatic rings. The van der Waals surface area contributed by atoms with Gasteiger partial charge in [-0.2, -0.15) is 18.5 Å². The van der Waals surface area contributed by atoms with E-state index in [0.717, 1.165) is 17.1 Å². The highest BCUT2D eigenvalue weighted by atomic mass is 32.2. The monoisotopic (exact) mass is 267 g/mol. The minimum atomic E-state index is -4.26. The van der Waals surface area contributed by atoms with Crippen LogP contribution in [0.25, 0.3) is 0 Å². The van der Waals surface area contributed by atoms with Crippen molar-refractivity contribution in [2.45, 2.75) is 11.8 Å². The van der Waals surface area contributed by atoms with Crippen LogP contribution < -0.4 is 5.01 Å². The van der Waals surface area contributed by atoms with Gasteiger partial charge in [0.1, 0.15) is 5.71 Å². The average molecular weight is 267 g/mol. The summed E-state index contributed by atoms with van der Waals surface area (Å²) in [5.74, 6) is -0.577. The molecule has 2 N–H and O–H groups in total. The highest BCUT2D eigenvalue weighted by Gasteiger charge is 2.28. The van der Waals surface area contributed by atoms with Crippen molar-refractivity contribution in [1.29, 1.82) is 5.41 Å². The first-order valence-corrected chi connectivity index (χ1v) is 6.31. The molecule has 0 radical (unpaired) electrons. The summed E-state index contributed by atoms with van der Waals surface area (Å²) in [7, 11) is -4.26. The Morgan fingerprint density at radius 2 is 1.83 bits per heavy atom. The second-order valence-corrected chi connectivity index (χ2v) is 5.07. The van der Waals surface area contributed by atoms with Crippen molar-refractivity contribution >= 4 is 33.1 Å². The van der Waals surface area contributed by atoms with Crippen molar-refractivity contribution < 1.29 is 17.8 Å². The van der Waals surface area contributed by atoms with Crippen LogP contribution in [0.4, 0.5) is 5.69 Å². The summed E-state index contributed by atoms with van der Waals surface area (Å²) in [6.07, 6.45) is 0. The van der Waals surface area contributed by atoms with Crippen molar-refractivity contribution in [3.05, 3.63) is 24.3 Å². The second-order valence-electron chi connectivity index (χ2n) is 3.65. The average Bonchev–Trinajstić information content (AvgIpc) is 2.56. The topological polar surface area (TPSA) is 111 Å². The first-order chi connectivity index (χ1) is 8.30. The minimum Gasteiger partial charge on any atom is -0.294 e. The lowest BCUT2D eigenvalue weighted by Gasteiger charge is -2.11. The van der Waals surface area contributed by atoms with E-state index in [1.54, 1.807) is 0 Å². The molecule has 1 aliphatic heterocycles. The quantitative estimate of drug-likeness (QED) is 0.767. The minimum absolute atomic E-state index is 0.200. The highest BCUT2D eigenvalue weighted by Crippen LogP contribution is 2.21. The molecule has 94 valence electrons. The summed E-state index contributed by atoms with van der Waals surface area (Å²) >= 11 is 0. The Hall–Kier alpha value is -2.06. The summed E-state index contributed by atoms with van der Waals surface area (Å²) in [6.45, 7) is 1.53. The third kappa shape index (κ3) is 2.03. The van der Waals surface area contributed by atoms with E-state index in [1.165, 1.54) is 19.1 Å². The fraction of sp³-hybridized carbons (Fsp3) is 0.100. The van der Waals surface area contributed by atoms with Gasteiger partial charge in [0.2, 0.25) is 0 Å². The Labute approximate surface area is 103 Å². The molecule has 1 amide bonds. The number of amides is 1. The number of anilines is 1. The van der Waals surface area contributed by atoms with Gasteiger partial charge < -0.3 is 0 Å². The van der Waals surface area contributed by atoms with Crippen LogP contribution in [0.5, 0.6) is 0 Å². The Morgan fingerprint density at radius 3 is 2.22 bits per heavy atom. The fourth-order valence-corrected chi connectivity index (χ4v) is 1.92. The molecule has 0 atom stereocenters. The molecule has 0 fully saturated rings. The molecule has 1 aromatic carbocycles. The number of rotatable bonds is 2.